The third kappa shape index (κ3) is 3.96. The second kappa shape index (κ2) is 7.25. The van der Waals surface area contributed by atoms with Gasteiger partial charge in [0, 0.05) is 16.0 Å². The van der Waals surface area contributed by atoms with Gasteiger partial charge in [-0.25, -0.2) is 0 Å². The smallest absolute Gasteiger partial charge is 0.161 e. The summed E-state index contributed by atoms with van der Waals surface area (Å²) in [5.41, 5.74) is 1.80. The number of hydrogen-bond donors (Lipinski definition) is 1. The van der Waals surface area contributed by atoms with E-state index >= 15 is 0 Å². The molecule has 3 nitrogen and oxygen atoms in total. The summed E-state index contributed by atoms with van der Waals surface area (Å²) in [5.74, 6) is 1.35. The van der Waals surface area contributed by atoms with Crippen molar-refractivity contribution in [3.63, 3.8) is 0 Å². The molecule has 2 aromatic carbocycles. The highest BCUT2D eigenvalue weighted by Crippen LogP contribution is 2.34. The molecule has 1 N–H and O–H groups in total. The zero-order valence-corrected chi connectivity index (χ0v) is 14.6. The highest BCUT2D eigenvalue weighted by atomic mass is 79.9. The van der Waals surface area contributed by atoms with E-state index in [1.807, 2.05) is 12.1 Å². The summed E-state index contributed by atoms with van der Waals surface area (Å²) in [5, 5.41) is 4.51. The van der Waals surface area contributed by atoms with Crippen LogP contribution in [0.4, 0.5) is 5.69 Å². The Hall–Kier alpha value is -1.10. The lowest BCUT2D eigenvalue weighted by Crippen LogP contribution is -2.02. The van der Waals surface area contributed by atoms with Gasteiger partial charge in [0.2, 0.25) is 0 Å². The molecule has 0 bridgehead atoms. The van der Waals surface area contributed by atoms with E-state index in [1.165, 1.54) is 0 Å². The number of anilines is 1. The van der Waals surface area contributed by atoms with Crippen molar-refractivity contribution in [3.05, 3.63) is 50.4 Å². The van der Waals surface area contributed by atoms with Crippen molar-refractivity contribution in [3.8, 4) is 11.5 Å². The first kappa shape index (κ1) is 16.3. The molecule has 0 aromatic heterocycles. The van der Waals surface area contributed by atoms with Gasteiger partial charge in [-0.2, -0.15) is 0 Å². The quantitative estimate of drug-likeness (QED) is 0.742. The largest absolute Gasteiger partial charge is 0.493 e. The SMILES string of the molecule is COc1cc(Br)c(CNc2cc(Cl)ccc2Cl)cc1OC. The second-order valence-electron chi connectivity index (χ2n) is 4.28. The summed E-state index contributed by atoms with van der Waals surface area (Å²) in [6.07, 6.45) is 0. The van der Waals surface area contributed by atoms with Crippen LogP contribution >= 0.6 is 39.1 Å². The van der Waals surface area contributed by atoms with E-state index in [0.717, 1.165) is 15.7 Å². The van der Waals surface area contributed by atoms with Crippen molar-refractivity contribution >= 4 is 44.8 Å². The molecule has 0 saturated heterocycles. The Kier molecular flexibility index (Phi) is 5.62. The van der Waals surface area contributed by atoms with Gasteiger partial charge >= 0.3 is 0 Å². The van der Waals surface area contributed by atoms with E-state index < -0.39 is 0 Å². The Labute approximate surface area is 142 Å². The summed E-state index contributed by atoms with van der Waals surface area (Å²) >= 11 is 15.6. The van der Waals surface area contributed by atoms with Crippen molar-refractivity contribution in [2.75, 3.05) is 19.5 Å². The molecule has 0 aliphatic heterocycles. The molecule has 0 heterocycles. The van der Waals surface area contributed by atoms with Gasteiger partial charge in [-0.3, -0.25) is 0 Å². The first-order valence-corrected chi connectivity index (χ1v) is 7.69. The topological polar surface area (TPSA) is 30.5 Å². The molecule has 0 saturated carbocycles. The number of rotatable bonds is 5. The van der Waals surface area contributed by atoms with Crippen LogP contribution in [0, 0.1) is 0 Å². The predicted octanol–water partition coefficient (Wildman–Crippen LogP) is 5.39. The highest BCUT2D eigenvalue weighted by molar-refractivity contribution is 9.10. The second-order valence-corrected chi connectivity index (χ2v) is 5.97. The van der Waals surface area contributed by atoms with E-state index in [0.29, 0.717) is 28.1 Å². The van der Waals surface area contributed by atoms with E-state index in [2.05, 4.69) is 21.2 Å². The van der Waals surface area contributed by atoms with Gasteiger partial charge in [0.25, 0.3) is 0 Å². The minimum absolute atomic E-state index is 0.570. The monoisotopic (exact) mass is 389 g/mol. The molecule has 0 amide bonds. The van der Waals surface area contributed by atoms with Crippen LogP contribution < -0.4 is 14.8 Å². The van der Waals surface area contributed by atoms with Crippen LogP contribution in [0.15, 0.2) is 34.8 Å². The Bertz CT molecular complexity index is 650. The van der Waals surface area contributed by atoms with Crippen LogP contribution in [0.25, 0.3) is 0 Å². The molecule has 0 aliphatic rings. The molecular formula is C15H14BrCl2NO2. The van der Waals surface area contributed by atoms with Crippen LogP contribution in [0.2, 0.25) is 10.0 Å². The van der Waals surface area contributed by atoms with Gasteiger partial charge in [-0.05, 0) is 35.9 Å². The van der Waals surface area contributed by atoms with Crippen LogP contribution in [0.1, 0.15) is 5.56 Å². The summed E-state index contributed by atoms with van der Waals surface area (Å²) in [6.45, 7) is 0.570. The van der Waals surface area contributed by atoms with Crippen molar-refractivity contribution < 1.29 is 9.47 Å². The first-order valence-electron chi connectivity index (χ1n) is 6.14. The average molecular weight is 391 g/mol. The molecule has 0 aliphatic carbocycles. The number of nitrogens with one attached hydrogen (secondary N) is 1. The number of halogens is 3. The van der Waals surface area contributed by atoms with Crippen molar-refractivity contribution in [1.82, 2.24) is 0 Å². The molecule has 21 heavy (non-hydrogen) atoms. The van der Waals surface area contributed by atoms with Crippen LogP contribution in [0.3, 0.4) is 0 Å². The van der Waals surface area contributed by atoms with Gasteiger partial charge in [0.05, 0.1) is 24.9 Å². The lowest BCUT2D eigenvalue weighted by molar-refractivity contribution is 0.354. The molecule has 0 unspecified atom stereocenters. The molecule has 0 spiro atoms. The van der Waals surface area contributed by atoms with E-state index in [9.17, 15) is 0 Å². The number of hydrogen-bond acceptors (Lipinski definition) is 3. The maximum absolute atomic E-state index is 6.13. The lowest BCUT2D eigenvalue weighted by Gasteiger charge is -2.14. The van der Waals surface area contributed by atoms with E-state index in [-0.39, 0.29) is 0 Å². The van der Waals surface area contributed by atoms with Crippen molar-refractivity contribution in [1.29, 1.82) is 0 Å². The highest BCUT2D eigenvalue weighted by Gasteiger charge is 2.10. The fourth-order valence-corrected chi connectivity index (χ4v) is 2.67. The lowest BCUT2D eigenvalue weighted by atomic mass is 10.2. The van der Waals surface area contributed by atoms with Gasteiger partial charge in [0.1, 0.15) is 0 Å². The average Bonchev–Trinajstić information content (AvgIpc) is 2.48. The first-order chi connectivity index (χ1) is 10.0. The summed E-state index contributed by atoms with van der Waals surface area (Å²) in [6, 6.07) is 9.08. The molecule has 0 atom stereocenters. The zero-order chi connectivity index (χ0) is 15.4. The maximum Gasteiger partial charge on any atom is 0.161 e. The summed E-state index contributed by atoms with van der Waals surface area (Å²) < 4.78 is 11.5. The number of ether oxygens (including phenoxy) is 2. The van der Waals surface area contributed by atoms with Crippen LogP contribution in [-0.2, 0) is 6.54 Å². The standard InChI is InChI=1S/C15H14BrCl2NO2/c1-20-14-5-9(11(16)7-15(14)21-2)8-19-13-6-10(17)3-4-12(13)18/h3-7,19H,8H2,1-2H3. The number of benzene rings is 2. The Morgan fingerprint density at radius 1 is 1.05 bits per heavy atom. The molecule has 2 aromatic rings. The molecular weight excluding hydrogens is 377 g/mol. The fraction of sp³-hybridized carbons (Fsp3) is 0.200. The van der Waals surface area contributed by atoms with Crippen molar-refractivity contribution in [2.24, 2.45) is 0 Å². The third-order valence-electron chi connectivity index (χ3n) is 2.95. The van der Waals surface area contributed by atoms with E-state index in [1.54, 1.807) is 32.4 Å². The summed E-state index contributed by atoms with van der Waals surface area (Å²) in [4.78, 5) is 0. The van der Waals surface area contributed by atoms with Gasteiger partial charge in [0.15, 0.2) is 11.5 Å². The summed E-state index contributed by atoms with van der Waals surface area (Å²) in [7, 11) is 3.21. The molecule has 6 heteroatoms. The van der Waals surface area contributed by atoms with Crippen LogP contribution in [-0.4, -0.2) is 14.2 Å². The molecule has 112 valence electrons. The van der Waals surface area contributed by atoms with Crippen molar-refractivity contribution in [2.45, 2.75) is 6.54 Å². The zero-order valence-electron chi connectivity index (χ0n) is 11.5. The third-order valence-corrected chi connectivity index (χ3v) is 4.25. The normalized spacial score (nSPS) is 10.3. The Balaban J connectivity index is 2.21. The minimum Gasteiger partial charge on any atom is -0.493 e. The Morgan fingerprint density at radius 2 is 1.71 bits per heavy atom. The molecule has 0 fully saturated rings. The van der Waals surface area contributed by atoms with Gasteiger partial charge < -0.3 is 14.8 Å². The maximum atomic E-state index is 6.13. The molecule has 0 radical (unpaired) electrons. The van der Waals surface area contributed by atoms with E-state index in [4.69, 9.17) is 32.7 Å². The predicted molar refractivity (Wildman–Crippen MR) is 91.0 cm³/mol. The Morgan fingerprint density at radius 3 is 2.38 bits per heavy atom. The van der Waals surface area contributed by atoms with Crippen LogP contribution in [0.5, 0.6) is 11.5 Å². The fourth-order valence-electron chi connectivity index (χ4n) is 1.86. The van der Waals surface area contributed by atoms with Gasteiger partial charge in [-0.1, -0.05) is 39.1 Å². The van der Waals surface area contributed by atoms with Gasteiger partial charge in [-0.15, -0.1) is 0 Å². The number of methoxy groups -OCH3 is 2. The minimum atomic E-state index is 0.570. The molecule has 2 rings (SSSR count).